The first-order valence-electron chi connectivity index (χ1n) is 8.76. The van der Waals surface area contributed by atoms with Crippen LogP contribution in [-0.2, 0) is 22.5 Å². The summed E-state index contributed by atoms with van der Waals surface area (Å²) in [5, 5.41) is 1.03. The zero-order valence-corrected chi connectivity index (χ0v) is 15.5. The molecule has 0 bridgehead atoms. The lowest BCUT2D eigenvalue weighted by Gasteiger charge is -2.12. The third-order valence-electron chi connectivity index (χ3n) is 4.46. The van der Waals surface area contributed by atoms with Crippen LogP contribution in [0.15, 0.2) is 24.3 Å². The van der Waals surface area contributed by atoms with Crippen molar-refractivity contribution in [2.24, 2.45) is 0 Å². The molecule has 0 fully saturated rings. The zero-order valence-electron chi connectivity index (χ0n) is 15.5. The number of aromatic nitrogens is 3. The Bertz CT molecular complexity index is 932. The van der Waals surface area contributed by atoms with Gasteiger partial charge < -0.3 is 19.9 Å². The molecule has 7 heteroatoms. The smallest absolute Gasteiger partial charge is 0.305 e. The molecule has 1 aromatic carbocycles. The molecule has 2 aromatic heterocycles. The summed E-state index contributed by atoms with van der Waals surface area (Å²) >= 11 is 0. The number of esters is 1. The summed E-state index contributed by atoms with van der Waals surface area (Å²) < 4.78 is 6.94. The summed E-state index contributed by atoms with van der Waals surface area (Å²) in [5.74, 6) is 1.20. The SMILES string of the molecule is COC(=O)CCCn1c(CCN(C)C)nc2c(N)nc3ccccc3c21. The Morgan fingerprint density at radius 3 is 2.77 bits per heavy atom. The van der Waals surface area contributed by atoms with Gasteiger partial charge >= 0.3 is 5.97 Å². The van der Waals surface area contributed by atoms with Gasteiger partial charge in [0, 0.05) is 31.3 Å². The summed E-state index contributed by atoms with van der Waals surface area (Å²) in [5.41, 5.74) is 8.76. The Hall–Kier alpha value is -2.67. The average Bonchev–Trinajstić information content (AvgIpc) is 2.99. The second-order valence-electron chi connectivity index (χ2n) is 6.62. The summed E-state index contributed by atoms with van der Waals surface area (Å²) in [6.45, 7) is 1.56. The first kappa shape index (κ1) is 18.1. The molecule has 3 aromatic rings. The number of hydrogen-bond acceptors (Lipinski definition) is 6. The number of fused-ring (bicyclic) bond motifs is 3. The van der Waals surface area contributed by atoms with Crippen molar-refractivity contribution in [1.29, 1.82) is 0 Å². The van der Waals surface area contributed by atoms with Crippen molar-refractivity contribution in [3.8, 4) is 0 Å². The minimum atomic E-state index is -0.199. The van der Waals surface area contributed by atoms with Gasteiger partial charge in [-0.3, -0.25) is 4.79 Å². The number of aryl methyl sites for hydroxylation is 1. The number of hydrogen-bond donors (Lipinski definition) is 1. The minimum Gasteiger partial charge on any atom is -0.469 e. The molecule has 0 aliphatic heterocycles. The molecule has 7 nitrogen and oxygen atoms in total. The predicted molar refractivity (Wildman–Crippen MR) is 103 cm³/mol. The van der Waals surface area contributed by atoms with E-state index in [4.69, 9.17) is 15.5 Å². The fraction of sp³-hybridized carbons (Fsp3) is 0.421. The number of ether oxygens (including phenoxy) is 1. The van der Waals surface area contributed by atoms with Crippen LogP contribution in [0.1, 0.15) is 18.7 Å². The van der Waals surface area contributed by atoms with E-state index < -0.39 is 0 Å². The number of nitrogens with zero attached hydrogens (tertiary/aromatic N) is 4. The van der Waals surface area contributed by atoms with Crippen LogP contribution in [0.4, 0.5) is 5.82 Å². The number of likely N-dealkylation sites (N-methyl/N-ethyl adjacent to an activating group) is 1. The van der Waals surface area contributed by atoms with Crippen molar-refractivity contribution in [1.82, 2.24) is 19.4 Å². The number of para-hydroxylation sites is 1. The standard InChI is InChI=1S/C19H25N5O2/c1-23(2)12-10-15-22-17-18(24(15)11-6-9-16(25)26-3)13-7-4-5-8-14(13)21-19(17)20/h4-5,7-8H,6,9-12H2,1-3H3,(H2,20,21). The number of rotatable bonds is 7. The lowest BCUT2D eigenvalue weighted by Crippen LogP contribution is -2.17. The molecule has 0 aliphatic carbocycles. The van der Waals surface area contributed by atoms with Gasteiger partial charge in [-0.15, -0.1) is 0 Å². The summed E-state index contributed by atoms with van der Waals surface area (Å²) in [6.07, 6.45) is 1.86. The quantitative estimate of drug-likeness (QED) is 0.654. The normalized spacial score (nSPS) is 11.5. The molecule has 0 saturated heterocycles. The molecule has 0 radical (unpaired) electrons. The molecule has 2 heterocycles. The number of imidazole rings is 1. The highest BCUT2D eigenvalue weighted by molar-refractivity contribution is 6.06. The van der Waals surface area contributed by atoms with Gasteiger partial charge in [0.05, 0.1) is 18.1 Å². The molecule has 0 saturated carbocycles. The van der Waals surface area contributed by atoms with E-state index in [-0.39, 0.29) is 5.97 Å². The topological polar surface area (TPSA) is 86.3 Å². The molecular weight excluding hydrogens is 330 g/mol. The number of carbonyl (C=O) groups is 1. The Labute approximate surface area is 152 Å². The molecular formula is C19H25N5O2. The van der Waals surface area contributed by atoms with Crippen molar-refractivity contribution in [3.63, 3.8) is 0 Å². The number of anilines is 1. The largest absolute Gasteiger partial charge is 0.469 e. The molecule has 138 valence electrons. The van der Waals surface area contributed by atoms with E-state index in [2.05, 4.69) is 14.5 Å². The molecule has 0 atom stereocenters. The first-order chi connectivity index (χ1) is 12.5. The molecule has 0 spiro atoms. The average molecular weight is 355 g/mol. The van der Waals surface area contributed by atoms with Gasteiger partial charge in [-0.25, -0.2) is 9.97 Å². The van der Waals surface area contributed by atoms with Crippen LogP contribution in [0.2, 0.25) is 0 Å². The van der Waals surface area contributed by atoms with Crippen LogP contribution >= 0.6 is 0 Å². The molecule has 3 rings (SSSR count). The number of benzene rings is 1. The van der Waals surface area contributed by atoms with E-state index in [0.717, 1.165) is 40.7 Å². The van der Waals surface area contributed by atoms with Crippen molar-refractivity contribution < 1.29 is 9.53 Å². The predicted octanol–water partition coefficient (Wildman–Crippen LogP) is 2.22. The van der Waals surface area contributed by atoms with Crippen molar-refractivity contribution in [2.75, 3.05) is 33.5 Å². The Balaban J connectivity index is 2.09. The van der Waals surface area contributed by atoms with E-state index >= 15 is 0 Å². The molecule has 2 N–H and O–H groups in total. The molecule has 0 unspecified atom stereocenters. The van der Waals surface area contributed by atoms with Gasteiger partial charge in [-0.05, 0) is 26.6 Å². The van der Waals surface area contributed by atoms with Gasteiger partial charge in [0.15, 0.2) is 5.82 Å². The van der Waals surface area contributed by atoms with Crippen LogP contribution in [0.5, 0.6) is 0 Å². The van der Waals surface area contributed by atoms with E-state index in [1.807, 2.05) is 38.4 Å². The lowest BCUT2D eigenvalue weighted by atomic mass is 10.2. The fourth-order valence-electron chi connectivity index (χ4n) is 3.14. The van der Waals surface area contributed by atoms with Gasteiger partial charge in [0.25, 0.3) is 0 Å². The van der Waals surface area contributed by atoms with Crippen molar-refractivity contribution in [3.05, 3.63) is 30.1 Å². The van der Waals surface area contributed by atoms with Crippen LogP contribution < -0.4 is 5.73 Å². The van der Waals surface area contributed by atoms with E-state index in [0.29, 0.717) is 25.2 Å². The number of nitrogens with two attached hydrogens (primary N) is 1. The third-order valence-corrected chi connectivity index (χ3v) is 4.46. The van der Waals surface area contributed by atoms with E-state index in [9.17, 15) is 4.79 Å². The number of methoxy groups -OCH3 is 1. The molecule has 0 amide bonds. The van der Waals surface area contributed by atoms with Gasteiger partial charge in [-0.2, -0.15) is 0 Å². The van der Waals surface area contributed by atoms with Crippen LogP contribution in [0.25, 0.3) is 21.9 Å². The van der Waals surface area contributed by atoms with E-state index in [1.54, 1.807) is 0 Å². The Morgan fingerprint density at radius 2 is 2.04 bits per heavy atom. The third kappa shape index (κ3) is 3.62. The maximum Gasteiger partial charge on any atom is 0.305 e. The summed E-state index contributed by atoms with van der Waals surface area (Å²) in [6, 6.07) is 7.94. The Kier molecular flexibility index (Phi) is 5.37. The van der Waals surface area contributed by atoms with E-state index in [1.165, 1.54) is 7.11 Å². The minimum absolute atomic E-state index is 0.199. The second-order valence-corrected chi connectivity index (χ2v) is 6.62. The van der Waals surface area contributed by atoms with Crippen molar-refractivity contribution in [2.45, 2.75) is 25.8 Å². The number of carbonyl (C=O) groups excluding carboxylic acids is 1. The summed E-state index contributed by atoms with van der Waals surface area (Å²) in [4.78, 5) is 22.9. The van der Waals surface area contributed by atoms with Gasteiger partial charge in [0.2, 0.25) is 0 Å². The fourth-order valence-corrected chi connectivity index (χ4v) is 3.14. The lowest BCUT2D eigenvalue weighted by molar-refractivity contribution is -0.140. The maximum absolute atomic E-state index is 11.5. The highest BCUT2D eigenvalue weighted by atomic mass is 16.5. The van der Waals surface area contributed by atoms with Crippen LogP contribution in [-0.4, -0.2) is 53.2 Å². The van der Waals surface area contributed by atoms with Gasteiger partial charge in [-0.1, -0.05) is 18.2 Å². The number of pyridine rings is 1. The Morgan fingerprint density at radius 1 is 1.27 bits per heavy atom. The number of nitrogen functional groups attached to an aromatic ring is 1. The first-order valence-corrected chi connectivity index (χ1v) is 8.76. The highest BCUT2D eigenvalue weighted by Gasteiger charge is 2.17. The van der Waals surface area contributed by atoms with Crippen LogP contribution in [0, 0.1) is 0 Å². The molecule has 0 aliphatic rings. The second kappa shape index (κ2) is 7.70. The molecule has 26 heavy (non-hydrogen) atoms. The highest BCUT2D eigenvalue weighted by Crippen LogP contribution is 2.29. The summed E-state index contributed by atoms with van der Waals surface area (Å²) in [7, 11) is 5.49. The van der Waals surface area contributed by atoms with Crippen molar-refractivity contribution >= 4 is 33.7 Å². The van der Waals surface area contributed by atoms with Gasteiger partial charge in [0.1, 0.15) is 11.3 Å². The zero-order chi connectivity index (χ0) is 18.7. The van der Waals surface area contributed by atoms with Crippen LogP contribution in [0.3, 0.4) is 0 Å². The maximum atomic E-state index is 11.5. The monoisotopic (exact) mass is 355 g/mol.